The van der Waals surface area contributed by atoms with Crippen molar-refractivity contribution in [3.63, 3.8) is 0 Å². The fraction of sp³-hybridized carbons (Fsp3) is 0.263. The molecule has 0 spiro atoms. The van der Waals surface area contributed by atoms with Crippen LogP contribution in [0.4, 0.5) is 11.4 Å². The van der Waals surface area contributed by atoms with Crippen molar-refractivity contribution in [3.8, 4) is 11.5 Å². The predicted octanol–water partition coefficient (Wildman–Crippen LogP) is 3.87. The average molecular weight is 452 g/mol. The number of rotatable bonds is 3. The molecule has 1 unspecified atom stereocenters. The maximum atomic E-state index is 12.7. The van der Waals surface area contributed by atoms with E-state index >= 15 is 0 Å². The molecule has 2 heterocycles. The highest BCUT2D eigenvalue weighted by molar-refractivity contribution is 9.10. The summed E-state index contributed by atoms with van der Waals surface area (Å²) >= 11 is 9.63. The molecule has 4 rings (SSSR count). The number of hydrogen-bond acceptors (Lipinski definition) is 4. The lowest BCUT2D eigenvalue weighted by molar-refractivity contribution is -0.122. The minimum atomic E-state index is -0.464. The van der Waals surface area contributed by atoms with Gasteiger partial charge in [-0.2, -0.15) is 0 Å². The lowest BCUT2D eigenvalue weighted by atomic mass is 10.1. The molecule has 0 saturated carbocycles. The van der Waals surface area contributed by atoms with E-state index in [0.29, 0.717) is 45.6 Å². The highest BCUT2D eigenvalue weighted by atomic mass is 79.9. The zero-order chi connectivity index (χ0) is 19.0. The van der Waals surface area contributed by atoms with Gasteiger partial charge in [-0.25, -0.2) is 0 Å². The number of fused-ring (bicyclic) bond motifs is 1. The van der Waals surface area contributed by atoms with Crippen LogP contribution in [0.25, 0.3) is 0 Å². The SMILES string of the molecule is O=C(Nc1cc2c(cc1Br)OCCO2)C1CC(=O)N(c2ccccc2Cl)C1. The van der Waals surface area contributed by atoms with Gasteiger partial charge in [-0.1, -0.05) is 23.7 Å². The Hall–Kier alpha value is -2.25. The van der Waals surface area contributed by atoms with Gasteiger partial charge in [0.1, 0.15) is 13.2 Å². The smallest absolute Gasteiger partial charge is 0.229 e. The molecule has 2 aromatic carbocycles. The molecule has 0 radical (unpaired) electrons. The fourth-order valence-electron chi connectivity index (χ4n) is 3.18. The Morgan fingerprint density at radius 3 is 2.63 bits per heavy atom. The zero-order valence-electron chi connectivity index (χ0n) is 14.2. The topological polar surface area (TPSA) is 67.9 Å². The van der Waals surface area contributed by atoms with Crippen molar-refractivity contribution in [2.75, 3.05) is 30.0 Å². The highest BCUT2D eigenvalue weighted by Gasteiger charge is 2.36. The first-order chi connectivity index (χ1) is 13.0. The Morgan fingerprint density at radius 2 is 1.89 bits per heavy atom. The summed E-state index contributed by atoms with van der Waals surface area (Å²) in [6.45, 7) is 1.25. The van der Waals surface area contributed by atoms with Gasteiger partial charge in [-0.15, -0.1) is 0 Å². The first kappa shape index (κ1) is 18.1. The third-order valence-electron chi connectivity index (χ3n) is 4.53. The van der Waals surface area contributed by atoms with Crippen LogP contribution in [-0.2, 0) is 9.59 Å². The number of hydrogen-bond donors (Lipinski definition) is 1. The molecule has 8 heteroatoms. The maximum absolute atomic E-state index is 12.7. The van der Waals surface area contributed by atoms with E-state index in [-0.39, 0.29) is 24.8 Å². The summed E-state index contributed by atoms with van der Waals surface area (Å²) in [7, 11) is 0. The second-order valence-electron chi connectivity index (χ2n) is 6.32. The highest BCUT2D eigenvalue weighted by Crippen LogP contribution is 2.39. The molecule has 2 amide bonds. The van der Waals surface area contributed by atoms with Crippen LogP contribution in [0.2, 0.25) is 5.02 Å². The van der Waals surface area contributed by atoms with Crippen LogP contribution < -0.4 is 19.7 Å². The van der Waals surface area contributed by atoms with Crippen LogP contribution in [0.1, 0.15) is 6.42 Å². The number of amides is 2. The van der Waals surface area contributed by atoms with Crippen molar-refractivity contribution in [1.82, 2.24) is 0 Å². The van der Waals surface area contributed by atoms with Crippen molar-refractivity contribution in [3.05, 3.63) is 45.9 Å². The minimum absolute atomic E-state index is 0.121. The number of anilines is 2. The van der Waals surface area contributed by atoms with E-state index in [0.717, 1.165) is 0 Å². The minimum Gasteiger partial charge on any atom is -0.486 e. The van der Waals surface area contributed by atoms with Gasteiger partial charge in [-0.05, 0) is 28.1 Å². The van der Waals surface area contributed by atoms with Crippen molar-refractivity contribution >= 4 is 50.7 Å². The van der Waals surface area contributed by atoms with E-state index in [2.05, 4.69) is 21.2 Å². The van der Waals surface area contributed by atoms with Crippen LogP contribution in [0.5, 0.6) is 11.5 Å². The van der Waals surface area contributed by atoms with Gasteiger partial charge in [0, 0.05) is 29.6 Å². The largest absolute Gasteiger partial charge is 0.486 e. The van der Waals surface area contributed by atoms with Gasteiger partial charge in [0.05, 0.1) is 22.3 Å². The van der Waals surface area contributed by atoms with Gasteiger partial charge < -0.3 is 19.7 Å². The number of carbonyl (C=O) groups is 2. The molecule has 0 bridgehead atoms. The molecule has 2 aliphatic heterocycles. The molecule has 0 aromatic heterocycles. The molecule has 1 fully saturated rings. The average Bonchev–Trinajstić information content (AvgIpc) is 3.04. The quantitative estimate of drug-likeness (QED) is 0.769. The molecular formula is C19H16BrClN2O4. The molecule has 1 N–H and O–H groups in total. The predicted molar refractivity (Wildman–Crippen MR) is 106 cm³/mol. The van der Waals surface area contributed by atoms with E-state index in [9.17, 15) is 9.59 Å². The number of nitrogens with zero attached hydrogens (tertiary/aromatic N) is 1. The second-order valence-corrected chi connectivity index (χ2v) is 7.58. The fourth-order valence-corrected chi connectivity index (χ4v) is 3.84. The summed E-state index contributed by atoms with van der Waals surface area (Å²) in [5.41, 5.74) is 1.20. The van der Waals surface area contributed by atoms with Gasteiger partial charge in [-0.3, -0.25) is 9.59 Å². The van der Waals surface area contributed by atoms with Gasteiger partial charge >= 0.3 is 0 Å². The van der Waals surface area contributed by atoms with E-state index < -0.39 is 5.92 Å². The lowest BCUT2D eigenvalue weighted by Gasteiger charge is -2.21. The van der Waals surface area contributed by atoms with E-state index in [1.54, 1.807) is 35.2 Å². The van der Waals surface area contributed by atoms with Crippen LogP contribution >= 0.6 is 27.5 Å². The summed E-state index contributed by atoms with van der Waals surface area (Å²) in [4.78, 5) is 26.7. The van der Waals surface area contributed by atoms with Crippen molar-refractivity contribution in [2.24, 2.45) is 5.92 Å². The monoisotopic (exact) mass is 450 g/mol. The van der Waals surface area contributed by atoms with Crippen molar-refractivity contribution < 1.29 is 19.1 Å². The number of para-hydroxylation sites is 1. The third-order valence-corrected chi connectivity index (χ3v) is 5.50. The summed E-state index contributed by atoms with van der Waals surface area (Å²) in [6.07, 6.45) is 0.138. The third kappa shape index (κ3) is 3.61. The molecule has 6 nitrogen and oxygen atoms in total. The number of halogens is 2. The van der Waals surface area contributed by atoms with Crippen LogP contribution in [0.3, 0.4) is 0 Å². The first-order valence-electron chi connectivity index (χ1n) is 8.48. The van der Waals surface area contributed by atoms with Gasteiger partial charge in [0.15, 0.2) is 11.5 Å². The summed E-state index contributed by atoms with van der Waals surface area (Å²) < 4.78 is 11.8. The lowest BCUT2D eigenvalue weighted by Crippen LogP contribution is -2.28. The Kier molecular flexibility index (Phi) is 4.97. The Balaban J connectivity index is 1.50. The number of nitrogens with one attached hydrogen (secondary N) is 1. The molecule has 140 valence electrons. The van der Waals surface area contributed by atoms with Crippen LogP contribution in [-0.4, -0.2) is 31.6 Å². The first-order valence-corrected chi connectivity index (χ1v) is 9.65. The maximum Gasteiger partial charge on any atom is 0.229 e. The number of ether oxygens (including phenoxy) is 2. The van der Waals surface area contributed by atoms with Gasteiger partial charge in [0.2, 0.25) is 11.8 Å². The summed E-state index contributed by atoms with van der Waals surface area (Å²) in [5, 5.41) is 3.36. The van der Waals surface area contributed by atoms with Crippen LogP contribution in [0.15, 0.2) is 40.9 Å². The van der Waals surface area contributed by atoms with Gasteiger partial charge in [0.25, 0.3) is 0 Å². The van der Waals surface area contributed by atoms with Crippen molar-refractivity contribution in [2.45, 2.75) is 6.42 Å². The molecule has 27 heavy (non-hydrogen) atoms. The Morgan fingerprint density at radius 1 is 1.19 bits per heavy atom. The molecular weight excluding hydrogens is 436 g/mol. The van der Waals surface area contributed by atoms with E-state index in [4.69, 9.17) is 21.1 Å². The van der Waals surface area contributed by atoms with Crippen LogP contribution in [0, 0.1) is 5.92 Å². The molecule has 2 aliphatic rings. The zero-order valence-corrected chi connectivity index (χ0v) is 16.5. The Bertz CT molecular complexity index is 921. The second kappa shape index (κ2) is 7.40. The number of carbonyl (C=O) groups excluding carboxylic acids is 2. The normalized spacial score (nSPS) is 18.5. The Labute approximate surface area is 169 Å². The van der Waals surface area contributed by atoms with Crippen molar-refractivity contribution in [1.29, 1.82) is 0 Å². The standard InChI is InChI=1S/C19H16BrClN2O4/c20-12-8-16-17(27-6-5-26-16)9-14(12)22-19(25)11-7-18(24)23(10-11)15-4-2-1-3-13(15)21/h1-4,8-9,11H,5-7,10H2,(H,22,25). The number of benzene rings is 2. The summed E-state index contributed by atoms with van der Waals surface area (Å²) in [6, 6.07) is 10.6. The molecule has 1 saturated heterocycles. The molecule has 1 atom stereocenters. The molecule has 0 aliphatic carbocycles. The van der Waals surface area contributed by atoms with E-state index in [1.807, 2.05) is 6.07 Å². The molecule has 2 aromatic rings. The summed E-state index contributed by atoms with van der Waals surface area (Å²) in [5.74, 6) is 0.403. The van der Waals surface area contributed by atoms with E-state index in [1.165, 1.54) is 0 Å².